The first-order chi connectivity index (χ1) is 8.84. The summed E-state index contributed by atoms with van der Waals surface area (Å²) < 4.78 is 0. The number of carbonyl (C=O) groups is 1. The summed E-state index contributed by atoms with van der Waals surface area (Å²) in [6.07, 6.45) is 1.07. The Morgan fingerprint density at radius 3 is 2.89 bits per heavy atom. The molecule has 0 aromatic heterocycles. The molecular weight excluding hydrogens is 226 g/mol. The van der Waals surface area contributed by atoms with E-state index < -0.39 is 0 Å². The van der Waals surface area contributed by atoms with Crippen molar-refractivity contribution < 1.29 is 4.79 Å². The van der Waals surface area contributed by atoms with Gasteiger partial charge in [-0.1, -0.05) is 30.3 Å². The highest BCUT2D eigenvalue weighted by Crippen LogP contribution is 2.19. The van der Waals surface area contributed by atoms with Gasteiger partial charge in [0.05, 0.1) is 0 Å². The van der Waals surface area contributed by atoms with Crippen molar-refractivity contribution in [3.05, 3.63) is 35.9 Å². The van der Waals surface area contributed by atoms with Crippen LogP contribution in [0.3, 0.4) is 0 Å². The second kappa shape index (κ2) is 4.98. The highest BCUT2D eigenvalue weighted by atomic mass is 16.2. The zero-order chi connectivity index (χ0) is 12.4. The van der Waals surface area contributed by atoms with Crippen LogP contribution in [0.4, 0.5) is 4.79 Å². The fraction of sp³-hybridized carbons (Fsp3) is 0.500. The van der Waals surface area contributed by atoms with Gasteiger partial charge in [0.25, 0.3) is 0 Å². The van der Waals surface area contributed by atoms with E-state index in [1.807, 2.05) is 28.0 Å². The summed E-state index contributed by atoms with van der Waals surface area (Å²) in [7, 11) is 0. The second-order valence-corrected chi connectivity index (χ2v) is 5.03. The quantitative estimate of drug-likeness (QED) is 0.852. The van der Waals surface area contributed by atoms with Crippen LogP contribution in [0.5, 0.6) is 0 Å². The lowest BCUT2D eigenvalue weighted by Gasteiger charge is -2.44. The van der Waals surface area contributed by atoms with Crippen LogP contribution in [0.25, 0.3) is 0 Å². The van der Waals surface area contributed by atoms with Gasteiger partial charge in [-0.25, -0.2) is 4.79 Å². The highest BCUT2D eigenvalue weighted by Gasteiger charge is 2.34. The fourth-order valence-electron chi connectivity index (χ4n) is 2.80. The summed E-state index contributed by atoms with van der Waals surface area (Å²) in [4.78, 5) is 16.4. The molecule has 0 bridgehead atoms. The lowest BCUT2D eigenvalue weighted by Crippen LogP contribution is -2.61. The molecule has 1 aromatic carbocycles. The lowest BCUT2D eigenvalue weighted by atomic mass is 10.1. The zero-order valence-electron chi connectivity index (χ0n) is 10.5. The van der Waals surface area contributed by atoms with Crippen LogP contribution in [0, 0.1) is 0 Å². The van der Waals surface area contributed by atoms with Crippen LogP contribution in [-0.4, -0.2) is 48.1 Å². The van der Waals surface area contributed by atoms with Gasteiger partial charge in [-0.15, -0.1) is 0 Å². The first-order valence-corrected chi connectivity index (χ1v) is 6.65. The third kappa shape index (κ3) is 2.20. The Bertz CT molecular complexity index is 420. The largest absolute Gasteiger partial charge is 0.320 e. The second-order valence-electron chi connectivity index (χ2n) is 5.03. The minimum Gasteiger partial charge on any atom is -0.320 e. The van der Waals surface area contributed by atoms with Crippen molar-refractivity contribution in [1.82, 2.24) is 15.1 Å². The number of benzene rings is 1. The number of nitrogens with zero attached hydrogens (tertiary/aromatic N) is 2. The van der Waals surface area contributed by atoms with E-state index in [4.69, 9.17) is 0 Å². The maximum absolute atomic E-state index is 12.4. The Morgan fingerprint density at radius 2 is 2.06 bits per heavy atom. The number of hydrogen-bond donors (Lipinski definition) is 1. The molecule has 3 rings (SSSR count). The molecule has 18 heavy (non-hydrogen) atoms. The molecule has 0 spiro atoms. The summed E-state index contributed by atoms with van der Waals surface area (Å²) in [6.45, 7) is 4.31. The molecule has 0 radical (unpaired) electrons. The van der Waals surface area contributed by atoms with E-state index >= 15 is 0 Å². The van der Waals surface area contributed by atoms with Gasteiger partial charge < -0.3 is 15.1 Å². The molecular formula is C14H19N3O. The molecule has 2 aliphatic heterocycles. The summed E-state index contributed by atoms with van der Waals surface area (Å²) in [6, 6.07) is 10.8. The van der Waals surface area contributed by atoms with Gasteiger partial charge in [0, 0.05) is 38.8 Å². The number of amides is 2. The molecule has 0 saturated carbocycles. The van der Waals surface area contributed by atoms with Crippen LogP contribution < -0.4 is 5.32 Å². The van der Waals surface area contributed by atoms with Gasteiger partial charge in [0.2, 0.25) is 0 Å². The number of hydrogen-bond acceptors (Lipinski definition) is 2. The van der Waals surface area contributed by atoms with Gasteiger partial charge in [-0.05, 0) is 12.0 Å². The Balaban J connectivity index is 1.69. The lowest BCUT2D eigenvalue weighted by molar-refractivity contribution is 0.0831. The van der Waals surface area contributed by atoms with Crippen LogP contribution in [0.15, 0.2) is 30.3 Å². The summed E-state index contributed by atoms with van der Waals surface area (Å²) in [5.74, 6) is 0. The third-order valence-electron chi connectivity index (χ3n) is 3.81. The van der Waals surface area contributed by atoms with Gasteiger partial charge >= 0.3 is 6.03 Å². The van der Waals surface area contributed by atoms with Crippen molar-refractivity contribution in [2.24, 2.45) is 0 Å². The fourth-order valence-corrected chi connectivity index (χ4v) is 2.80. The average Bonchev–Trinajstić information content (AvgIpc) is 2.43. The number of piperazine rings is 1. The van der Waals surface area contributed by atoms with Crippen LogP contribution in [0.2, 0.25) is 0 Å². The molecule has 2 aliphatic rings. The normalized spacial score (nSPS) is 24.0. The number of fused-ring (bicyclic) bond motifs is 1. The van der Waals surface area contributed by atoms with Crippen molar-refractivity contribution >= 4 is 6.03 Å². The van der Waals surface area contributed by atoms with Gasteiger partial charge in [-0.2, -0.15) is 0 Å². The van der Waals surface area contributed by atoms with Gasteiger partial charge in [0.15, 0.2) is 0 Å². The van der Waals surface area contributed by atoms with E-state index in [-0.39, 0.29) is 6.03 Å². The predicted molar refractivity (Wildman–Crippen MR) is 70.2 cm³/mol. The van der Waals surface area contributed by atoms with Crippen molar-refractivity contribution in [1.29, 1.82) is 0 Å². The predicted octanol–water partition coefficient (Wildman–Crippen LogP) is 1.29. The Labute approximate surface area is 108 Å². The minimum atomic E-state index is 0.205. The molecule has 1 N–H and O–H groups in total. The van der Waals surface area contributed by atoms with Crippen LogP contribution >= 0.6 is 0 Å². The smallest absolute Gasteiger partial charge is 0.320 e. The monoisotopic (exact) mass is 245 g/mol. The van der Waals surface area contributed by atoms with E-state index in [9.17, 15) is 4.79 Å². The number of carbonyl (C=O) groups excluding carboxylic acids is 1. The highest BCUT2D eigenvalue weighted by molar-refractivity contribution is 5.75. The molecule has 2 amide bonds. The number of urea groups is 1. The molecule has 4 nitrogen and oxygen atoms in total. The van der Waals surface area contributed by atoms with E-state index in [0.29, 0.717) is 6.04 Å². The van der Waals surface area contributed by atoms with Crippen molar-refractivity contribution in [2.75, 3.05) is 26.2 Å². The maximum atomic E-state index is 12.4. The van der Waals surface area contributed by atoms with E-state index in [1.165, 1.54) is 5.56 Å². The Kier molecular flexibility index (Phi) is 3.19. The number of rotatable bonds is 2. The Morgan fingerprint density at radius 1 is 1.22 bits per heavy atom. The average molecular weight is 245 g/mol. The minimum absolute atomic E-state index is 0.205. The van der Waals surface area contributed by atoms with Gasteiger partial charge in [-0.3, -0.25) is 0 Å². The van der Waals surface area contributed by atoms with Crippen molar-refractivity contribution in [2.45, 2.75) is 19.0 Å². The summed E-state index contributed by atoms with van der Waals surface area (Å²) in [5, 5.41) is 3.36. The van der Waals surface area contributed by atoms with Crippen molar-refractivity contribution in [3.63, 3.8) is 0 Å². The van der Waals surface area contributed by atoms with E-state index in [2.05, 4.69) is 17.4 Å². The summed E-state index contributed by atoms with van der Waals surface area (Å²) in [5.41, 5.74) is 1.21. The maximum Gasteiger partial charge on any atom is 0.320 e. The van der Waals surface area contributed by atoms with Crippen LogP contribution in [0.1, 0.15) is 12.0 Å². The standard InChI is InChI=1S/C14H19N3O/c18-14-16(11-12-4-2-1-3-5-12)8-6-13-10-15-7-9-17(13)14/h1-5,13,15H,6-11H2/t13-/m1/s1. The molecule has 2 saturated heterocycles. The molecule has 96 valence electrons. The van der Waals surface area contributed by atoms with Crippen LogP contribution in [-0.2, 0) is 6.54 Å². The van der Waals surface area contributed by atoms with E-state index in [1.54, 1.807) is 0 Å². The third-order valence-corrected chi connectivity index (χ3v) is 3.81. The number of nitrogens with one attached hydrogen (secondary N) is 1. The molecule has 2 heterocycles. The van der Waals surface area contributed by atoms with Gasteiger partial charge in [0.1, 0.15) is 0 Å². The molecule has 1 atom stereocenters. The SMILES string of the molecule is O=C1N(Cc2ccccc2)CC[C@@H]2CNCCN12. The summed E-state index contributed by atoms with van der Waals surface area (Å²) >= 11 is 0. The first kappa shape index (κ1) is 11.5. The molecule has 2 fully saturated rings. The molecule has 4 heteroatoms. The van der Waals surface area contributed by atoms with E-state index in [0.717, 1.165) is 39.1 Å². The topological polar surface area (TPSA) is 35.6 Å². The zero-order valence-corrected chi connectivity index (χ0v) is 10.5. The molecule has 0 aliphatic carbocycles. The van der Waals surface area contributed by atoms with Crippen molar-refractivity contribution in [3.8, 4) is 0 Å². The Hall–Kier alpha value is -1.55. The molecule has 1 aromatic rings. The first-order valence-electron chi connectivity index (χ1n) is 6.65. The molecule has 0 unspecified atom stereocenters.